The number of aromatic carboxylic acids is 1. The van der Waals surface area contributed by atoms with Gasteiger partial charge in [0.2, 0.25) is 0 Å². The van der Waals surface area contributed by atoms with E-state index in [4.69, 9.17) is 34.8 Å². The number of rotatable bonds is 5. The topological polar surface area (TPSA) is 95.3 Å². The van der Waals surface area contributed by atoms with E-state index < -0.39 is 16.3 Å². The fraction of sp³-hybridized carbons (Fsp3) is 0.240. The van der Waals surface area contributed by atoms with Crippen LogP contribution in [0.3, 0.4) is 0 Å². The highest BCUT2D eigenvalue weighted by Gasteiger charge is 2.51. The van der Waals surface area contributed by atoms with Crippen LogP contribution in [-0.4, -0.2) is 21.5 Å². The van der Waals surface area contributed by atoms with Crippen molar-refractivity contribution in [2.45, 2.75) is 33.9 Å². The van der Waals surface area contributed by atoms with Gasteiger partial charge >= 0.3 is 0 Å². The summed E-state index contributed by atoms with van der Waals surface area (Å²) in [5.74, 6) is -1.53. The summed E-state index contributed by atoms with van der Waals surface area (Å²) in [5.41, 5.74) is 2.13. The van der Waals surface area contributed by atoms with Gasteiger partial charge in [-0.25, -0.2) is 0 Å². The number of alkyl halides is 1. The average Bonchev–Trinajstić information content (AvgIpc) is 3.14. The molecule has 10 heteroatoms. The van der Waals surface area contributed by atoms with Crippen LogP contribution < -0.4 is 10.4 Å². The lowest BCUT2D eigenvalue weighted by atomic mass is 9.76. The number of nitro benzene ring substituents is 1. The molecule has 35 heavy (non-hydrogen) atoms. The van der Waals surface area contributed by atoms with Crippen LogP contribution in [0.5, 0.6) is 0 Å². The van der Waals surface area contributed by atoms with E-state index in [9.17, 15) is 20.0 Å². The normalized spacial score (nSPS) is 24.8. The highest BCUT2D eigenvalue weighted by atomic mass is 35.5. The monoisotopic (exact) mass is 547 g/mol. The zero-order chi connectivity index (χ0) is 24.9. The molecular formula is C25H18Cl3N2O4S-. The molecule has 1 fully saturated rings. The summed E-state index contributed by atoms with van der Waals surface area (Å²) in [6.45, 7) is 0. The summed E-state index contributed by atoms with van der Waals surface area (Å²) in [4.78, 5) is 23.6. The SMILES string of the molecule is O=C([O-])c1cccc2c1N[C@H](c1ccc(Cl)cc1Cl)[C@H]1C[C@H](Sc3ccccc3[N+](=O)[O-])[C@@H](Cl)[C@@H]21. The van der Waals surface area contributed by atoms with Crippen molar-refractivity contribution in [3.05, 3.63) is 97.5 Å². The number of carboxylic acids is 1. The second kappa shape index (κ2) is 9.54. The van der Waals surface area contributed by atoms with Gasteiger partial charge in [0, 0.05) is 38.5 Å². The predicted octanol–water partition coefficient (Wildman–Crippen LogP) is 6.30. The number of anilines is 1. The first-order valence-electron chi connectivity index (χ1n) is 10.9. The first-order valence-corrected chi connectivity index (χ1v) is 12.9. The third-order valence-electron chi connectivity index (χ3n) is 6.71. The molecule has 5 rings (SSSR count). The molecule has 1 aliphatic heterocycles. The molecule has 1 saturated carbocycles. The van der Waals surface area contributed by atoms with Crippen LogP contribution in [0.4, 0.5) is 11.4 Å². The van der Waals surface area contributed by atoms with Crippen LogP contribution in [0.1, 0.15) is 39.9 Å². The Kier molecular flexibility index (Phi) is 6.61. The van der Waals surface area contributed by atoms with Gasteiger partial charge in [0.15, 0.2) is 0 Å². The molecule has 0 radical (unpaired) electrons. The summed E-state index contributed by atoms with van der Waals surface area (Å²) in [7, 11) is 0. The summed E-state index contributed by atoms with van der Waals surface area (Å²) < 4.78 is 0. The minimum absolute atomic E-state index is 0.0336. The highest BCUT2D eigenvalue weighted by molar-refractivity contribution is 8.00. The molecular weight excluding hydrogens is 531 g/mol. The number of hydrogen-bond acceptors (Lipinski definition) is 6. The number of nitrogens with zero attached hydrogens (tertiary/aromatic N) is 1. The number of hydrogen-bond donors (Lipinski definition) is 1. The number of para-hydroxylation sites is 2. The standard InChI is InChI=1S/C25H19Cl3N2O4S/c26-12-8-9-13(17(27)10-12)23-16-11-20(35-19-7-2-1-6-18(19)30(33)34)22(28)21(16)14-4-3-5-15(25(31)32)24(14)29-23/h1-10,16,20-23,29H,11H2,(H,31,32)/p-1/t16-,20-,21-,22+,23+/m0/s1. The molecule has 3 aromatic rings. The van der Waals surface area contributed by atoms with Gasteiger partial charge in [0.25, 0.3) is 5.69 Å². The van der Waals surface area contributed by atoms with Crippen LogP contribution in [0.2, 0.25) is 10.0 Å². The quantitative estimate of drug-likeness (QED) is 0.228. The molecule has 1 aliphatic carbocycles. The number of carbonyl (C=O) groups is 1. The van der Waals surface area contributed by atoms with Crippen molar-refractivity contribution in [2.24, 2.45) is 5.92 Å². The number of benzene rings is 3. The first kappa shape index (κ1) is 24.3. The van der Waals surface area contributed by atoms with Crippen LogP contribution >= 0.6 is 46.6 Å². The summed E-state index contributed by atoms with van der Waals surface area (Å²) in [6.07, 6.45) is 0.640. The van der Waals surface area contributed by atoms with Crippen molar-refractivity contribution >= 4 is 63.9 Å². The van der Waals surface area contributed by atoms with Gasteiger partial charge in [-0.1, -0.05) is 59.6 Å². The molecule has 1 N–H and O–H groups in total. The van der Waals surface area contributed by atoms with Crippen LogP contribution in [0, 0.1) is 16.0 Å². The van der Waals surface area contributed by atoms with E-state index in [0.717, 1.165) is 11.1 Å². The van der Waals surface area contributed by atoms with E-state index >= 15 is 0 Å². The smallest absolute Gasteiger partial charge is 0.282 e. The van der Waals surface area contributed by atoms with Gasteiger partial charge in [0.05, 0.1) is 27.2 Å². The third kappa shape index (κ3) is 4.35. The van der Waals surface area contributed by atoms with E-state index in [1.54, 1.807) is 36.4 Å². The zero-order valence-corrected chi connectivity index (χ0v) is 21.1. The van der Waals surface area contributed by atoms with Gasteiger partial charge < -0.3 is 15.2 Å². The van der Waals surface area contributed by atoms with Crippen molar-refractivity contribution in [3.63, 3.8) is 0 Å². The largest absolute Gasteiger partial charge is 0.545 e. The summed E-state index contributed by atoms with van der Waals surface area (Å²) in [5, 5.41) is 27.3. The Balaban J connectivity index is 1.60. The fourth-order valence-electron chi connectivity index (χ4n) is 5.25. The fourth-order valence-corrected chi connectivity index (χ4v) is 7.72. The number of carboxylic acid groups (broad SMARTS) is 1. The second-order valence-electron chi connectivity index (χ2n) is 8.60. The Morgan fingerprint density at radius 1 is 1.06 bits per heavy atom. The van der Waals surface area contributed by atoms with Crippen molar-refractivity contribution < 1.29 is 14.8 Å². The van der Waals surface area contributed by atoms with E-state index in [1.807, 2.05) is 12.1 Å². The highest BCUT2D eigenvalue weighted by Crippen LogP contribution is 2.59. The molecule has 2 aliphatic rings. The van der Waals surface area contributed by atoms with Gasteiger partial charge in [-0.3, -0.25) is 10.1 Å². The lowest BCUT2D eigenvalue weighted by Crippen LogP contribution is -2.34. The number of halogens is 3. The lowest BCUT2D eigenvalue weighted by molar-refractivity contribution is -0.387. The van der Waals surface area contributed by atoms with Gasteiger partial charge in [-0.2, -0.15) is 0 Å². The Labute approximate surface area is 220 Å². The maximum Gasteiger partial charge on any atom is 0.282 e. The van der Waals surface area contributed by atoms with Crippen molar-refractivity contribution in [2.75, 3.05) is 5.32 Å². The van der Waals surface area contributed by atoms with Gasteiger partial charge in [0.1, 0.15) is 0 Å². The molecule has 0 unspecified atom stereocenters. The molecule has 1 heterocycles. The lowest BCUT2D eigenvalue weighted by Gasteiger charge is -2.39. The number of nitro groups is 1. The van der Waals surface area contributed by atoms with Crippen molar-refractivity contribution in [1.29, 1.82) is 0 Å². The van der Waals surface area contributed by atoms with E-state index in [1.165, 1.54) is 23.9 Å². The molecule has 3 aromatic carbocycles. The molecule has 6 nitrogen and oxygen atoms in total. The molecule has 0 bridgehead atoms. The Morgan fingerprint density at radius 2 is 1.83 bits per heavy atom. The molecule has 5 atom stereocenters. The van der Waals surface area contributed by atoms with E-state index in [2.05, 4.69) is 5.32 Å². The summed E-state index contributed by atoms with van der Waals surface area (Å²) in [6, 6.07) is 16.6. The third-order valence-corrected chi connectivity index (χ3v) is 9.38. The minimum Gasteiger partial charge on any atom is -0.545 e. The Bertz CT molecular complexity index is 1340. The number of carbonyl (C=O) groups excluding carboxylic acids is 1. The van der Waals surface area contributed by atoms with Crippen LogP contribution in [-0.2, 0) is 0 Å². The average molecular weight is 549 g/mol. The minimum atomic E-state index is -1.29. The molecule has 0 amide bonds. The second-order valence-corrected chi connectivity index (χ2v) is 11.2. The van der Waals surface area contributed by atoms with E-state index in [-0.39, 0.29) is 34.4 Å². The van der Waals surface area contributed by atoms with Crippen LogP contribution in [0.25, 0.3) is 0 Å². The molecule has 0 spiro atoms. The van der Waals surface area contributed by atoms with Crippen LogP contribution in [0.15, 0.2) is 65.6 Å². The molecule has 0 aromatic heterocycles. The Morgan fingerprint density at radius 3 is 2.54 bits per heavy atom. The first-order chi connectivity index (χ1) is 16.8. The maximum absolute atomic E-state index is 11.9. The van der Waals surface area contributed by atoms with Gasteiger partial charge in [-0.15, -0.1) is 23.4 Å². The molecule has 180 valence electrons. The molecule has 0 saturated heterocycles. The van der Waals surface area contributed by atoms with Crippen molar-refractivity contribution in [1.82, 2.24) is 0 Å². The number of nitrogens with one attached hydrogen (secondary N) is 1. The number of thioether (sulfide) groups is 1. The predicted molar refractivity (Wildman–Crippen MR) is 137 cm³/mol. The van der Waals surface area contributed by atoms with Crippen molar-refractivity contribution in [3.8, 4) is 0 Å². The zero-order valence-electron chi connectivity index (χ0n) is 18.0. The Hall–Kier alpha value is -2.45. The van der Waals surface area contributed by atoms with E-state index in [0.29, 0.717) is 27.0 Å². The summed E-state index contributed by atoms with van der Waals surface area (Å²) >= 11 is 21.2. The van der Waals surface area contributed by atoms with Gasteiger partial charge in [-0.05, 0) is 41.7 Å². The maximum atomic E-state index is 11.9. The number of fused-ring (bicyclic) bond motifs is 3.